The highest BCUT2D eigenvalue weighted by Crippen LogP contribution is 2.29. The molecule has 2 N–H and O–H groups in total. The molecular formula is C23H26N2O4+2. The summed E-state index contributed by atoms with van der Waals surface area (Å²) in [5.74, 6) is 0.611. The number of hydrogen-bond donors (Lipinski definition) is 2. The zero-order chi connectivity index (χ0) is 20.4. The molecule has 1 aliphatic rings. The van der Waals surface area contributed by atoms with E-state index in [-0.39, 0.29) is 30.3 Å². The number of aromatic hydroxyl groups is 2. The summed E-state index contributed by atoms with van der Waals surface area (Å²) in [7, 11) is 1.58. The summed E-state index contributed by atoms with van der Waals surface area (Å²) in [5, 5.41) is 22.6. The predicted octanol–water partition coefficient (Wildman–Crippen LogP) is 3.22. The van der Waals surface area contributed by atoms with E-state index in [1.165, 1.54) is 6.42 Å². The molecule has 0 bridgehead atoms. The van der Waals surface area contributed by atoms with Crippen LogP contribution >= 0.6 is 0 Å². The van der Waals surface area contributed by atoms with Crippen molar-refractivity contribution in [2.24, 2.45) is 0 Å². The molecule has 3 aromatic rings. The summed E-state index contributed by atoms with van der Waals surface area (Å²) >= 11 is 0. The smallest absolute Gasteiger partial charge is 0.497 e. The molecule has 1 aliphatic carbocycles. The summed E-state index contributed by atoms with van der Waals surface area (Å²) in [6.07, 6.45) is 5.09. The van der Waals surface area contributed by atoms with Crippen LogP contribution < -0.4 is 13.9 Å². The van der Waals surface area contributed by atoms with Gasteiger partial charge in [-0.2, -0.15) is 0 Å². The molecule has 1 aromatic heterocycles. The van der Waals surface area contributed by atoms with Gasteiger partial charge in [-0.05, 0) is 43.2 Å². The topological polar surface area (TPSA) is 74.5 Å². The van der Waals surface area contributed by atoms with Gasteiger partial charge in [-0.15, -0.1) is 0 Å². The molecule has 0 atom stereocenters. The van der Waals surface area contributed by atoms with Crippen molar-refractivity contribution in [3.05, 3.63) is 54.1 Å². The van der Waals surface area contributed by atoms with E-state index < -0.39 is 0 Å². The van der Waals surface area contributed by atoms with Crippen LogP contribution in [-0.2, 0) is 6.54 Å². The maximum Gasteiger partial charge on any atom is 0.632 e. The summed E-state index contributed by atoms with van der Waals surface area (Å²) in [6.45, 7) is -0.0221. The Balaban J connectivity index is 1.78. The number of methoxy groups -OCH3 is 1. The van der Waals surface area contributed by atoms with E-state index in [0.29, 0.717) is 22.2 Å². The summed E-state index contributed by atoms with van der Waals surface area (Å²) < 4.78 is 8.35. The van der Waals surface area contributed by atoms with Crippen LogP contribution in [0.25, 0.3) is 10.9 Å². The Morgan fingerprint density at radius 2 is 1.72 bits per heavy atom. The van der Waals surface area contributed by atoms with Crippen LogP contribution in [0.5, 0.6) is 17.6 Å². The third-order valence-corrected chi connectivity index (χ3v) is 5.77. The molecule has 150 valence electrons. The fraction of sp³-hybridized carbons (Fsp3) is 0.348. The second-order valence-corrected chi connectivity index (χ2v) is 7.54. The van der Waals surface area contributed by atoms with Crippen LogP contribution in [0.1, 0.15) is 48.5 Å². The fourth-order valence-electron chi connectivity index (χ4n) is 4.20. The Labute approximate surface area is 169 Å². The Bertz CT molecular complexity index is 1040. The number of rotatable bonds is 5. The van der Waals surface area contributed by atoms with Crippen molar-refractivity contribution in [3.8, 4) is 17.6 Å². The van der Waals surface area contributed by atoms with Crippen LogP contribution in [0.3, 0.4) is 0 Å². The molecule has 1 heterocycles. The molecule has 0 unspecified atom stereocenters. The maximum absolute atomic E-state index is 12.9. The summed E-state index contributed by atoms with van der Waals surface area (Å²) in [6, 6.07) is 14.2. The number of nitrogens with zero attached hydrogens (tertiary/aromatic N) is 2. The molecule has 0 aliphatic heterocycles. The quantitative estimate of drug-likeness (QED) is 0.515. The SMILES string of the molecule is COc1ccc(C(=O)C[n+]2c(O)[n+](C3CCCCC3)c(O)c3ccccc32)cc1. The lowest BCUT2D eigenvalue weighted by Crippen LogP contribution is -2.52. The van der Waals surface area contributed by atoms with Gasteiger partial charge in [0.25, 0.3) is 0 Å². The van der Waals surface area contributed by atoms with E-state index in [1.807, 2.05) is 18.2 Å². The van der Waals surface area contributed by atoms with Crippen molar-refractivity contribution in [1.29, 1.82) is 0 Å². The molecule has 0 radical (unpaired) electrons. The third-order valence-electron chi connectivity index (χ3n) is 5.77. The van der Waals surface area contributed by atoms with Gasteiger partial charge in [0.2, 0.25) is 17.8 Å². The number of ketones is 1. The normalized spacial score (nSPS) is 14.8. The van der Waals surface area contributed by atoms with Crippen molar-refractivity contribution in [2.45, 2.75) is 44.7 Å². The first-order valence-electron chi connectivity index (χ1n) is 10.1. The molecule has 1 saturated carbocycles. The molecule has 29 heavy (non-hydrogen) atoms. The minimum atomic E-state index is -0.126. The molecular weight excluding hydrogens is 368 g/mol. The average Bonchev–Trinajstić information content (AvgIpc) is 2.77. The minimum Gasteiger partial charge on any atom is -0.497 e. The number of para-hydroxylation sites is 1. The Morgan fingerprint density at radius 3 is 2.41 bits per heavy atom. The Kier molecular flexibility index (Phi) is 5.34. The summed E-state index contributed by atoms with van der Waals surface area (Å²) in [4.78, 5) is 12.9. The van der Waals surface area contributed by atoms with Gasteiger partial charge >= 0.3 is 11.9 Å². The van der Waals surface area contributed by atoms with E-state index in [1.54, 1.807) is 46.6 Å². The van der Waals surface area contributed by atoms with Crippen LogP contribution in [0.2, 0.25) is 0 Å². The molecule has 6 heteroatoms. The maximum atomic E-state index is 12.9. The van der Waals surface area contributed by atoms with E-state index in [9.17, 15) is 15.0 Å². The zero-order valence-electron chi connectivity index (χ0n) is 16.5. The van der Waals surface area contributed by atoms with Gasteiger partial charge in [0.15, 0.2) is 11.4 Å². The molecule has 6 nitrogen and oxygen atoms in total. The Hall–Kier alpha value is -3.15. The average molecular weight is 394 g/mol. The number of ether oxygens (including phenoxy) is 1. The van der Waals surface area contributed by atoms with Crippen LogP contribution in [0, 0.1) is 0 Å². The number of Topliss-reactive ketones (excluding diaryl/α,β-unsaturated/α-hetero) is 1. The van der Waals surface area contributed by atoms with Gasteiger partial charge < -0.3 is 14.9 Å². The monoisotopic (exact) mass is 394 g/mol. The Morgan fingerprint density at radius 1 is 1.03 bits per heavy atom. The first kappa shape index (κ1) is 19.2. The number of aromatic nitrogens is 2. The lowest BCUT2D eigenvalue weighted by molar-refractivity contribution is -0.830. The van der Waals surface area contributed by atoms with Gasteiger partial charge in [0.05, 0.1) is 7.11 Å². The summed E-state index contributed by atoms with van der Waals surface area (Å²) in [5.41, 5.74) is 1.16. The van der Waals surface area contributed by atoms with E-state index in [4.69, 9.17) is 4.74 Å². The van der Waals surface area contributed by atoms with Crippen molar-refractivity contribution in [2.75, 3.05) is 7.11 Å². The molecule has 2 aromatic carbocycles. The molecule has 4 rings (SSSR count). The highest BCUT2D eigenvalue weighted by molar-refractivity contribution is 5.95. The van der Waals surface area contributed by atoms with E-state index in [2.05, 4.69) is 0 Å². The molecule has 0 spiro atoms. The van der Waals surface area contributed by atoms with Crippen molar-refractivity contribution in [1.82, 2.24) is 0 Å². The number of benzene rings is 2. The number of hydrogen-bond acceptors (Lipinski definition) is 4. The van der Waals surface area contributed by atoms with Crippen LogP contribution in [0.4, 0.5) is 0 Å². The van der Waals surface area contributed by atoms with Gasteiger partial charge in [-0.25, -0.2) is 0 Å². The lowest BCUT2D eigenvalue weighted by atomic mass is 9.95. The van der Waals surface area contributed by atoms with Crippen molar-refractivity contribution in [3.63, 3.8) is 0 Å². The third kappa shape index (κ3) is 3.62. The molecule has 1 fully saturated rings. The molecule has 0 saturated heterocycles. The zero-order valence-corrected chi connectivity index (χ0v) is 16.5. The second kappa shape index (κ2) is 8.07. The highest BCUT2D eigenvalue weighted by Gasteiger charge is 2.39. The number of fused-ring (bicyclic) bond motifs is 1. The first-order chi connectivity index (χ1) is 14.1. The highest BCUT2D eigenvalue weighted by atomic mass is 16.5. The van der Waals surface area contributed by atoms with Crippen molar-refractivity contribution < 1.29 is 28.9 Å². The van der Waals surface area contributed by atoms with Gasteiger partial charge in [-0.3, -0.25) is 4.79 Å². The molecule has 0 amide bonds. The first-order valence-corrected chi connectivity index (χ1v) is 10.1. The van der Waals surface area contributed by atoms with E-state index in [0.717, 1.165) is 25.7 Å². The number of carbonyl (C=O) groups is 1. The predicted molar refractivity (Wildman–Crippen MR) is 107 cm³/mol. The van der Waals surface area contributed by atoms with Crippen LogP contribution in [-0.4, -0.2) is 23.1 Å². The second-order valence-electron chi connectivity index (χ2n) is 7.54. The van der Waals surface area contributed by atoms with E-state index >= 15 is 0 Å². The standard InChI is InChI=1S/C23H24N2O4/c1-29-18-13-11-16(12-14-18)21(26)15-24-20-10-6-5-9-19(20)22(27)25(23(24)28)17-7-3-2-4-8-17/h5-6,9-14,17H,2-4,7-8,15H2,1H3/p+2. The van der Waals surface area contributed by atoms with Gasteiger partial charge in [0, 0.05) is 24.5 Å². The largest absolute Gasteiger partial charge is 0.632 e. The van der Waals surface area contributed by atoms with Crippen LogP contribution in [0.15, 0.2) is 48.5 Å². The minimum absolute atomic E-state index is 0.0221. The van der Waals surface area contributed by atoms with Gasteiger partial charge in [-0.1, -0.05) is 27.7 Å². The fourth-order valence-corrected chi connectivity index (χ4v) is 4.20. The van der Waals surface area contributed by atoms with Crippen molar-refractivity contribution >= 4 is 16.7 Å². The van der Waals surface area contributed by atoms with Gasteiger partial charge in [0.1, 0.15) is 5.75 Å². The number of carbonyl (C=O) groups excluding carboxylic acids is 1. The lowest BCUT2D eigenvalue weighted by Gasteiger charge is -2.17.